The van der Waals surface area contributed by atoms with Crippen LogP contribution in [0.3, 0.4) is 0 Å². The quantitative estimate of drug-likeness (QED) is 0.662. The maximum Gasteiger partial charge on any atom is 0.173 e. The number of thioether (sulfide) groups is 1. The lowest BCUT2D eigenvalue weighted by Crippen LogP contribution is -2.17. The number of halogens is 1. The highest BCUT2D eigenvalue weighted by Crippen LogP contribution is 2.39. The lowest BCUT2D eigenvalue weighted by molar-refractivity contribution is -0.115. The average molecular weight is 371 g/mol. The Morgan fingerprint density at radius 3 is 2.72 bits per heavy atom. The fourth-order valence-electron chi connectivity index (χ4n) is 3.06. The Kier molecular flexibility index (Phi) is 4.27. The number of fused-ring (bicyclic) bond motifs is 1. The number of nitrogens with one attached hydrogen (secondary N) is 1. The van der Waals surface area contributed by atoms with Gasteiger partial charge in [0, 0.05) is 17.9 Å². The molecule has 0 aliphatic heterocycles. The number of rotatable bonds is 3. The second-order valence-electron chi connectivity index (χ2n) is 6.02. The van der Waals surface area contributed by atoms with E-state index in [1.165, 1.54) is 11.8 Å². The molecular formula is C19H15ClN2O2S. The van der Waals surface area contributed by atoms with Crippen molar-refractivity contribution >= 4 is 40.2 Å². The van der Waals surface area contributed by atoms with E-state index in [0.29, 0.717) is 27.9 Å². The summed E-state index contributed by atoms with van der Waals surface area (Å²) in [4.78, 5) is 20.5. The van der Waals surface area contributed by atoms with Gasteiger partial charge in [0.05, 0.1) is 15.9 Å². The first-order valence-electron chi connectivity index (χ1n) is 7.93. The first-order chi connectivity index (χ1) is 12.1. The normalized spacial score (nSPS) is 18.1. The van der Waals surface area contributed by atoms with Gasteiger partial charge in [-0.05, 0) is 41.4 Å². The minimum absolute atomic E-state index is 0.0209. The number of aliphatic hydroxyl groups excluding tert-OH is 1. The van der Waals surface area contributed by atoms with E-state index in [0.717, 1.165) is 16.6 Å². The molecule has 1 aliphatic carbocycles. The molecule has 0 saturated carbocycles. The standard InChI is InChI=1S/C19H15ClN2O2S/c20-13-6-7-14-15(10-13)22-19(21-14)25-18-16(23)8-12(9-17(18)24)11-4-2-1-3-5-11/h1-7,10,12,23H,8-9H2,(H,21,22). The third-order valence-corrected chi connectivity index (χ3v) is 5.57. The van der Waals surface area contributed by atoms with Gasteiger partial charge in [-0.1, -0.05) is 41.9 Å². The SMILES string of the molecule is O=C1CC(c2ccccc2)CC(O)=C1Sc1nc2ccc(Cl)cc2[nH]1. The first-order valence-corrected chi connectivity index (χ1v) is 9.13. The number of aromatic nitrogens is 2. The van der Waals surface area contributed by atoms with Gasteiger partial charge in [-0.2, -0.15) is 0 Å². The van der Waals surface area contributed by atoms with Gasteiger partial charge in [0.25, 0.3) is 0 Å². The largest absolute Gasteiger partial charge is 0.511 e. The summed E-state index contributed by atoms with van der Waals surface area (Å²) in [5, 5.41) is 11.6. The highest BCUT2D eigenvalue weighted by molar-refractivity contribution is 8.03. The summed E-state index contributed by atoms with van der Waals surface area (Å²) in [6.45, 7) is 0. The van der Waals surface area contributed by atoms with Crippen LogP contribution in [0.5, 0.6) is 0 Å². The fourth-order valence-corrected chi connectivity index (χ4v) is 4.12. The Morgan fingerprint density at radius 2 is 1.96 bits per heavy atom. The molecule has 1 aliphatic rings. The van der Waals surface area contributed by atoms with Crippen LogP contribution in [0.1, 0.15) is 24.3 Å². The molecule has 0 radical (unpaired) electrons. The van der Waals surface area contributed by atoms with Gasteiger partial charge in [-0.25, -0.2) is 4.98 Å². The number of benzene rings is 2. The van der Waals surface area contributed by atoms with Crippen LogP contribution in [0, 0.1) is 0 Å². The number of aliphatic hydroxyl groups is 1. The molecule has 0 spiro atoms. The Morgan fingerprint density at radius 1 is 1.16 bits per heavy atom. The molecule has 0 amide bonds. The van der Waals surface area contributed by atoms with Gasteiger partial charge in [0.15, 0.2) is 10.9 Å². The zero-order valence-corrected chi connectivity index (χ0v) is 14.8. The zero-order chi connectivity index (χ0) is 17.4. The maximum atomic E-state index is 12.6. The summed E-state index contributed by atoms with van der Waals surface area (Å²) >= 11 is 7.16. The molecule has 2 N–H and O–H groups in total. The van der Waals surface area contributed by atoms with Crippen molar-refractivity contribution < 1.29 is 9.90 Å². The molecule has 126 valence electrons. The number of imidazole rings is 1. The molecule has 1 heterocycles. The number of nitrogens with zero attached hydrogens (tertiary/aromatic N) is 1. The van der Waals surface area contributed by atoms with E-state index in [-0.39, 0.29) is 17.5 Å². The summed E-state index contributed by atoms with van der Waals surface area (Å²) in [6.07, 6.45) is 0.854. The predicted molar refractivity (Wildman–Crippen MR) is 100 cm³/mol. The molecule has 25 heavy (non-hydrogen) atoms. The van der Waals surface area contributed by atoms with Crippen molar-refractivity contribution in [2.24, 2.45) is 0 Å². The van der Waals surface area contributed by atoms with Crippen molar-refractivity contribution in [3.63, 3.8) is 0 Å². The number of allylic oxidation sites excluding steroid dienone is 2. The second-order valence-corrected chi connectivity index (χ2v) is 7.46. The van der Waals surface area contributed by atoms with Gasteiger partial charge in [0.1, 0.15) is 5.76 Å². The summed E-state index contributed by atoms with van der Waals surface area (Å²) in [5.74, 6) is 0.0993. The Bertz CT molecular complexity index is 982. The number of carbonyl (C=O) groups excluding carboxylic acids is 1. The lowest BCUT2D eigenvalue weighted by Gasteiger charge is -2.23. The minimum Gasteiger partial charge on any atom is -0.511 e. The van der Waals surface area contributed by atoms with E-state index in [2.05, 4.69) is 9.97 Å². The summed E-state index contributed by atoms with van der Waals surface area (Å²) in [7, 11) is 0. The minimum atomic E-state index is -0.0545. The molecule has 1 unspecified atom stereocenters. The number of hydrogen-bond acceptors (Lipinski definition) is 4. The van der Waals surface area contributed by atoms with Crippen LogP contribution in [0.25, 0.3) is 11.0 Å². The fraction of sp³-hybridized carbons (Fsp3) is 0.158. The van der Waals surface area contributed by atoms with Crippen LogP contribution in [0.15, 0.2) is 64.4 Å². The molecule has 1 aromatic heterocycles. The first kappa shape index (κ1) is 16.2. The van der Waals surface area contributed by atoms with Gasteiger partial charge in [-0.15, -0.1) is 0 Å². The third kappa shape index (κ3) is 3.30. The highest BCUT2D eigenvalue weighted by Gasteiger charge is 2.29. The van der Waals surface area contributed by atoms with E-state index in [1.54, 1.807) is 12.1 Å². The number of hydrogen-bond donors (Lipinski definition) is 2. The van der Waals surface area contributed by atoms with Crippen LogP contribution < -0.4 is 0 Å². The molecule has 0 bridgehead atoms. The summed E-state index contributed by atoms with van der Waals surface area (Å²) in [5.41, 5.74) is 2.66. The summed E-state index contributed by atoms with van der Waals surface area (Å²) in [6, 6.07) is 15.2. The number of Topliss-reactive ketones (excluding diaryl/α,β-unsaturated/α-hetero) is 1. The van der Waals surface area contributed by atoms with Gasteiger partial charge >= 0.3 is 0 Å². The third-order valence-electron chi connectivity index (χ3n) is 4.28. The Labute approximate surface area is 153 Å². The predicted octanol–water partition coefficient (Wildman–Crippen LogP) is 5.22. The Balaban J connectivity index is 1.60. The Hall–Kier alpha value is -2.24. The van der Waals surface area contributed by atoms with Crippen molar-refractivity contribution in [3.8, 4) is 0 Å². The van der Waals surface area contributed by atoms with Gasteiger partial charge in [0.2, 0.25) is 0 Å². The topological polar surface area (TPSA) is 66.0 Å². The lowest BCUT2D eigenvalue weighted by atomic mass is 9.86. The number of aromatic amines is 1. The van der Waals surface area contributed by atoms with E-state index in [4.69, 9.17) is 11.6 Å². The van der Waals surface area contributed by atoms with Crippen LogP contribution in [0.2, 0.25) is 5.02 Å². The molecule has 1 atom stereocenters. The number of carbonyl (C=O) groups is 1. The monoisotopic (exact) mass is 370 g/mol. The van der Waals surface area contributed by atoms with Gasteiger partial charge < -0.3 is 10.1 Å². The van der Waals surface area contributed by atoms with Crippen LogP contribution >= 0.6 is 23.4 Å². The average Bonchev–Trinajstić information content (AvgIpc) is 3.00. The van der Waals surface area contributed by atoms with Gasteiger partial charge in [-0.3, -0.25) is 4.79 Å². The van der Waals surface area contributed by atoms with E-state index in [9.17, 15) is 9.90 Å². The molecule has 4 rings (SSSR count). The van der Waals surface area contributed by atoms with Crippen LogP contribution in [-0.2, 0) is 4.79 Å². The smallest absolute Gasteiger partial charge is 0.173 e. The molecular weight excluding hydrogens is 356 g/mol. The second kappa shape index (κ2) is 6.58. The molecule has 3 aromatic rings. The number of H-pyrrole nitrogens is 1. The summed E-state index contributed by atoms with van der Waals surface area (Å²) < 4.78 is 0. The van der Waals surface area contributed by atoms with Crippen LogP contribution in [-0.4, -0.2) is 20.9 Å². The van der Waals surface area contributed by atoms with Crippen molar-refractivity contribution in [2.45, 2.75) is 23.9 Å². The van der Waals surface area contributed by atoms with E-state index < -0.39 is 0 Å². The molecule has 0 fully saturated rings. The molecule has 4 nitrogen and oxygen atoms in total. The van der Waals surface area contributed by atoms with Crippen molar-refractivity contribution in [1.29, 1.82) is 0 Å². The van der Waals surface area contributed by atoms with E-state index in [1.807, 2.05) is 36.4 Å². The van der Waals surface area contributed by atoms with E-state index >= 15 is 0 Å². The highest BCUT2D eigenvalue weighted by atomic mass is 35.5. The van der Waals surface area contributed by atoms with Crippen molar-refractivity contribution in [2.75, 3.05) is 0 Å². The molecule has 0 saturated heterocycles. The van der Waals surface area contributed by atoms with Crippen molar-refractivity contribution in [3.05, 3.63) is 69.8 Å². The molecule has 6 heteroatoms. The number of ketones is 1. The zero-order valence-electron chi connectivity index (χ0n) is 13.2. The maximum absolute atomic E-state index is 12.6. The van der Waals surface area contributed by atoms with Crippen LogP contribution in [0.4, 0.5) is 0 Å². The van der Waals surface area contributed by atoms with Crippen molar-refractivity contribution in [1.82, 2.24) is 9.97 Å². The molecule has 2 aromatic carbocycles.